The van der Waals surface area contributed by atoms with Gasteiger partial charge in [0.2, 0.25) is 5.95 Å². The zero-order valence-corrected chi connectivity index (χ0v) is 12.0. The highest BCUT2D eigenvalue weighted by molar-refractivity contribution is 5.84. The molecule has 104 valence electrons. The summed E-state index contributed by atoms with van der Waals surface area (Å²) in [6.07, 6.45) is 1.63. The first kappa shape index (κ1) is 13.6. The molecule has 2 aromatic heterocycles. The first-order valence-corrected chi connectivity index (χ1v) is 6.69. The third kappa shape index (κ3) is 3.13. The predicted octanol–water partition coefficient (Wildman–Crippen LogP) is 2.05. The van der Waals surface area contributed by atoms with Gasteiger partial charge in [0.15, 0.2) is 11.5 Å². The Morgan fingerprint density at radius 1 is 1.16 bits per heavy atom. The van der Waals surface area contributed by atoms with Crippen molar-refractivity contribution in [2.75, 3.05) is 23.7 Å². The van der Waals surface area contributed by atoms with Crippen molar-refractivity contribution in [2.45, 2.75) is 27.7 Å². The fraction of sp³-hybridized carbons (Fsp3) is 0.615. The van der Waals surface area contributed by atoms with Crippen molar-refractivity contribution in [1.29, 1.82) is 0 Å². The van der Waals surface area contributed by atoms with Gasteiger partial charge in [-0.2, -0.15) is 9.97 Å². The predicted molar refractivity (Wildman–Crippen MR) is 78.0 cm³/mol. The molecule has 0 aliphatic heterocycles. The Balaban J connectivity index is 2.44. The van der Waals surface area contributed by atoms with Crippen molar-refractivity contribution in [1.82, 2.24) is 19.9 Å². The standard InChI is InChI=1S/C13H22N6/c1-8(2)5-19(6-9(3)4)12-10-11(16-7-15-10)17-13(14)18-12/h7-9H,5-6H2,1-4H3,(H3,14,15,16,17,18). The molecule has 0 atom stereocenters. The van der Waals surface area contributed by atoms with Crippen LogP contribution in [0.5, 0.6) is 0 Å². The van der Waals surface area contributed by atoms with Gasteiger partial charge in [-0.1, -0.05) is 27.7 Å². The molecule has 2 rings (SSSR count). The Labute approximate surface area is 113 Å². The third-order valence-electron chi connectivity index (χ3n) is 2.75. The smallest absolute Gasteiger partial charge is 0.224 e. The van der Waals surface area contributed by atoms with E-state index in [0.717, 1.165) is 24.4 Å². The Kier molecular flexibility index (Phi) is 3.87. The molecule has 0 bridgehead atoms. The number of aromatic nitrogens is 4. The van der Waals surface area contributed by atoms with Crippen molar-refractivity contribution in [3.05, 3.63) is 6.33 Å². The molecule has 0 radical (unpaired) electrons. The molecule has 0 aliphatic rings. The lowest BCUT2D eigenvalue weighted by Gasteiger charge is -2.27. The number of aromatic amines is 1. The highest BCUT2D eigenvalue weighted by Crippen LogP contribution is 2.23. The maximum absolute atomic E-state index is 5.78. The summed E-state index contributed by atoms with van der Waals surface area (Å²) >= 11 is 0. The van der Waals surface area contributed by atoms with Gasteiger partial charge in [-0.05, 0) is 11.8 Å². The topological polar surface area (TPSA) is 83.7 Å². The number of H-pyrrole nitrogens is 1. The number of nitrogen functional groups attached to an aromatic ring is 1. The van der Waals surface area contributed by atoms with E-state index in [1.165, 1.54) is 0 Å². The minimum atomic E-state index is 0.270. The number of nitrogens with two attached hydrogens (primary N) is 1. The maximum Gasteiger partial charge on any atom is 0.224 e. The zero-order valence-electron chi connectivity index (χ0n) is 12.0. The number of hydrogen-bond acceptors (Lipinski definition) is 5. The molecular weight excluding hydrogens is 240 g/mol. The van der Waals surface area contributed by atoms with Crippen LogP contribution in [0.1, 0.15) is 27.7 Å². The van der Waals surface area contributed by atoms with E-state index in [-0.39, 0.29) is 5.95 Å². The minimum Gasteiger partial charge on any atom is -0.368 e. The molecular formula is C13H22N6. The summed E-state index contributed by atoms with van der Waals surface area (Å²) in [5, 5.41) is 0. The van der Waals surface area contributed by atoms with Crippen LogP contribution in [0.25, 0.3) is 11.2 Å². The lowest BCUT2D eigenvalue weighted by atomic mass is 10.1. The molecule has 6 nitrogen and oxygen atoms in total. The average Bonchev–Trinajstić information content (AvgIpc) is 2.73. The minimum absolute atomic E-state index is 0.270. The van der Waals surface area contributed by atoms with E-state index in [1.54, 1.807) is 6.33 Å². The zero-order chi connectivity index (χ0) is 14.0. The Hall–Kier alpha value is -1.85. The first-order valence-electron chi connectivity index (χ1n) is 6.69. The third-order valence-corrected chi connectivity index (χ3v) is 2.75. The largest absolute Gasteiger partial charge is 0.368 e. The normalized spacial score (nSPS) is 11.7. The van der Waals surface area contributed by atoms with E-state index in [0.29, 0.717) is 17.5 Å². The second-order valence-corrected chi connectivity index (χ2v) is 5.70. The summed E-state index contributed by atoms with van der Waals surface area (Å²) in [7, 11) is 0. The molecule has 2 aromatic rings. The SMILES string of the molecule is CC(C)CN(CC(C)C)c1nc(N)nc2nc[nH]c12. The van der Waals surface area contributed by atoms with Gasteiger partial charge in [-0.3, -0.25) is 0 Å². The van der Waals surface area contributed by atoms with Gasteiger partial charge < -0.3 is 15.6 Å². The van der Waals surface area contributed by atoms with E-state index in [2.05, 4.69) is 52.5 Å². The second-order valence-electron chi connectivity index (χ2n) is 5.70. The quantitative estimate of drug-likeness (QED) is 0.861. The second kappa shape index (κ2) is 5.42. The summed E-state index contributed by atoms with van der Waals surface area (Å²) in [5.74, 6) is 2.22. The Morgan fingerprint density at radius 3 is 2.37 bits per heavy atom. The van der Waals surface area contributed by atoms with Crippen molar-refractivity contribution >= 4 is 22.9 Å². The van der Waals surface area contributed by atoms with Gasteiger partial charge in [-0.25, -0.2) is 4.98 Å². The highest BCUT2D eigenvalue weighted by Gasteiger charge is 2.17. The molecule has 0 saturated heterocycles. The summed E-state index contributed by atoms with van der Waals surface area (Å²) in [4.78, 5) is 18.1. The molecule has 19 heavy (non-hydrogen) atoms. The lowest BCUT2D eigenvalue weighted by molar-refractivity contribution is 0.550. The highest BCUT2D eigenvalue weighted by atomic mass is 15.2. The summed E-state index contributed by atoms with van der Waals surface area (Å²) < 4.78 is 0. The number of imidazole rings is 1. The van der Waals surface area contributed by atoms with Gasteiger partial charge in [0.05, 0.1) is 6.33 Å². The van der Waals surface area contributed by atoms with Crippen LogP contribution in [-0.4, -0.2) is 33.0 Å². The van der Waals surface area contributed by atoms with Crippen LogP contribution < -0.4 is 10.6 Å². The van der Waals surface area contributed by atoms with Gasteiger partial charge in [0, 0.05) is 13.1 Å². The van der Waals surface area contributed by atoms with Crippen LogP contribution in [0, 0.1) is 11.8 Å². The van der Waals surface area contributed by atoms with Crippen molar-refractivity contribution in [2.24, 2.45) is 11.8 Å². The number of nitrogens with one attached hydrogen (secondary N) is 1. The number of fused-ring (bicyclic) bond motifs is 1. The fourth-order valence-electron chi connectivity index (χ4n) is 2.19. The first-order chi connectivity index (χ1) is 8.97. The van der Waals surface area contributed by atoms with Crippen molar-refractivity contribution in [3.8, 4) is 0 Å². The van der Waals surface area contributed by atoms with E-state index < -0.39 is 0 Å². The van der Waals surface area contributed by atoms with E-state index in [4.69, 9.17) is 5.73 Å². The number of anilines is 2. The van der Waals surface area contributed by atoms with Crippen LogP contribution >= 0.6 is 0 Å². The average molecular weight is 262 g/mol. The molecule has 0 aromatic carbocycles. The van der Waals surface area contributed by atoms with Gasteiger partial charge in [0.1, 0.15) is 5.52 Å². The molecule has 0 unspecified atom stereocenters. The number of rotatable bonds is 5. The Morgan fingerprint density at radius 2 is 1.79 bits per heavy atom. The molecule has 0 aliphatic carbocycles. The van der Waals surface area contributed by atoms with Gasteiger partial charge in [-0.15, -0.1) is 0 Å². The Bertz CT molecular complexity index is 535. The molecule has 0 saturated carbocycles. The molecule has 3 N–H and O–H groups in total. The number of hydrogen-bond donors (Lipinski definition) is 2. The molecule has 0 amide bonds. The van der Waals surface area contributed by atoms with E-state index in [1.807, 2.05) is 0 Å². The van der Waals surface area contributed by atoms with Crippen LogP contribution in [0.2, 0.25) is 0 Å². The monoisotopic (exact) mass is 262 g/mol. The summed E-state index contributed by atoms with van der Waals surface area (Å²) in [6, 6.07) is 0. The molecule has 6 heteroatoms. The summed E-state index contributed by atoms with van der Waals surface area (Å²) in [6.45, 7) is 10.7. The lowest BCUT2D eigenvalue weighted by Crippen LogP contribution is -2.32. The van der Waals surface area contributed by atoms with Crippen LogP contribution in [0.3, 0.4) is 0 Å². The molecule has 2 heterocycles. The fourth-order valence-corrected chi connectivity index (χ4v) is 2.19. The van der Waals surface area contributed by atoms with Crippen molar-refractivity contribution < 1.29 is 0 Å². The van der Waals surface area contributed by atoms with Crippen molar-refractivity contribution in [3.63, 3.8) is 0 Å². The molecule has 0 fully saturated rings. The maximum atomic E-state index is 5.78. The summed E-state index contributed by atoms with van der Waals surface area (Å²) in [5.41, 5.74) is 7.26. The van der Waals surface area contributed by atoms with Crippen LogP contribution in [0.4, 0.5) is 11.8 Å². The van der Waals surface area contributed by atoms with E-state index >= 15 is 0 Å². The van der Waals surface area contributed by atoms with Gasteiger partial charge in [0.25, 0.3) is 0 Å². The molecule has 0 spiro atoms. The number of nitrogens with zero attached hydrogens (tertiary/aromatic N) is 4. The van der Waals surface area contributed by atoms with E-state index in [9.17, 15) is 0 Å². The van der Waals surface area contributed by atoms with Crippen LogP contribution in [0.15, 0.2) is 6.33 Å². The van der Waals surface area contributed by atoms with Gasteiger partial charge >= 0.3 is 0 Å². The van der Waals surface area contributed by atoms with Crippen LogP contribution in [-0.2, 0) is 0 Å².